The number of amides is 1. The highest BCUT2D eigenvalue weighted by atomic mass is 19.4. The van der Waals surface area contributed by atoms with Crippen molar-refractivity contribution < 1.29 is 26.7 Å². The van der Waals surface area contributed by atoms with Crippen LogP contribution in [0.3, 0.4) is 0 Å². The van der Waals surface area contributed by atoms with Crippen molar-refractivity contribution in [1.82, 2.24) is 9.78 Å². The predicted molar refractivity (Wildman–Crippen MR) is 37.0 cm³/mol. The van der Waals surface area contributed by atoms with Gasteiger partial charge in [-0.2, -0.15) is 9.78 Å². The smallest absolute Gasteiger partial charge is 0.365 e. The summed E-state index contributed by atoms with van der Waals surface area (Å²) in [5.41, 5.74) is 2.40. The van der Waals surface area contributed by atoms with Crippen LogP contribution in [0.1, 0.15) is 22.5 Å². The fourth-order valence-corrected chi connectivity index (χ4v) is 0.868. The summed E-state index contributed by atoms with van der Waals surface area (Å²) in [6.45, 7) is 0. The number of hydrogen-bond donors (Lipinski definition) is 1. The number of rotatable bonds is 2. The highest BCUT2D eigenvalue weighted by Gasteiger charge is 2.35. The van der Waals surface area contributed by atoms with Gasteiger partial charge < -0.3 is 5.73 Å². The Morgan fingerprint density at radius 1 is 1.47 bits per heavy atom. The lowest BCUT2D eigenvalue weighted by Crippen LogP contribution is -2.17. The van der Waals surface area contributed by atoms with Crippen molar-refractivity contribution >= 4 is 5.91 Å². The summed E-state index contributed by atoms with van der Waals surface area (Å²) < 4.78 is 59.6. The second-order valence-electron chi connectivity index (χ2n) is 2.51. The third kappa shape index (κ3) is 2.22. The number of alkyl halides is 5. The van der Waals surface area contributed by atoms with Crippen molar-refractivity contribution in [3.8, 4) is 0 Å². The molecule has 0 unspecified atom stereocenters. The van der Waals surface area contributed by atoms with Crippen LogP contribution in [0.5, 0.6) is 0 Å². The van der Waals surface area contributed by atoms with Gasteiger partial charge in [-0.3, -0.25) is 4.79 Å². The lowest BCUT2D eigenvalue weighted by Gasteiger charge is -2.03. The number of carbonyl (C=O) groups excluding carboxylic acids is 1. The molecule has 1 aromatic rings. The van der Waals surface area contributed by atoms with Gasteiger partial charge in [0.2, 0.25) is 0 Å². The molecule has 1 amide bonds. The van der Waals surface area contributed by atoms with Crippen molar-refractivity contribution in [1.29, 1.82) is 0 Å². The fourth-order valence-electron chi connectivity index (χ4n) is 0.868. The quantitative estimate of drug-likeness (QED) is 0.779. The normalized spacial score (nSPS) is 12.1. The molecule has 0 fully saturated rings. The van der Waals surface area contributed by atoms with Gasteiger partial charge in [-0.25, -0.2) is 8.78 Å². The largest absolute Gasteiger partial charge is 0.504 e. The van der Waals surface area contributed by atoms with Gasteiger partial charge in [-0.1, -0.05) is 0 Å². The van der Waals surface area contributed by atoms with Crippen LogP contribution in [-0.2, 0) is 6.30 Å². The Balaban J connectivity index is 3.28. The average Bonchev–Trinajstić information content (AvgIpc) is 2.45. The van der Waals surface area contributed by atoms with E-state index in [0.717, 1.165) is 0 Å². The van der Waals surface area contributed by atoms with E-state index >= 15 is 0 Å². The minimum Gasteiger partial charge on any atom is -0.365 e. The van der Waals surface area contributed by atoms with Crippen molar-refractivity contribution in [3.05, 3.63) is 17.5 Å². The average molecular weight is 229 g/mol. The van der Waals surface area contributed by atoms with Crippen LogP contribution in [0, 0.1) is 0 Å². The number of carbonyl (C=O) groups is 1. The summed E-state index contributed by atoms with van der Waals surface area (Å²) in [4.78, 5) is 10.5. The molecule has 0 spiro atoms. The van der Waals surface area contributed by atoms with Gasteiger partial charge in [0, 0.05) is 6.20 Å². The third-order valence-corrected chi connectivity index (χ3v) is 1.47. The molecule has 1 heterocycles. The molecule has 1 aromatic heterocycles. The van der Waals surface area contributed by atoms with Gasteiger partial charge in [0.1, 0.15) is 5.69 Å². The first-order valence-electron chi connectivity index (χ1n) is 3.48. The third-order valence-electron chi connectivity index (χ3n) is 1.47. The SMILES string of the molecule is NC(=O)c1cn(C(F)(F)F)nc1C(F)F. The van der Waals surface area contributed by atoms with Crippen LogP contribution in [0.25, 0.3) is 0 Å². The van der Waals surface area contributed by atoms with Gasteiger partial charge in [0.15, 0.2) is 0 Å². The number of halogens is 5. The van der Waals surface area contributed by atoms with E-state index in [-0.39, 0.29) is 6.20 Å². The zero-order chi connectivity index (χ0) is 11.8. The highest BCUT2D eigenvalue weighted by Crippen LogP contribution is 2.27. The maximum Gasteiger partial charge on any atom is 0.504 e. The first-order valence-corrected chi connectivity index (χ1v) is 3.48. The molecule has 1 rings (SSSR count). The topological polar surface area (TPSA) is 60.9 Å². The summed E-state index contributed by atoms with van der Waals surface area (Å²) in [7, 11) is 0. The molecule has 4 nitrogen and oxygen atoms in total. The minimum atomic E-state index is -4.96. The highest BCUT2D eigenvalue weighted by molar-refractivity contribution is 5.93. The maximum absolute atomic E-state index is 12.1. The van der Waals surface area contributed by atoms with E-state index in [1.54, 1.807) is 0 Å². The molecule has 0 aliphatic rings. The molecule has 2 N–H and O–H groups in total. The van der Waals surface area contributed by atoms with E-state index in [4.69, 9.17) is 0 Å². The van der Waals surface area contributed by atoms with E-state index in [0.29, 0.717) is 0 Å². The van der Waals surface area contributed by atoms with Gasteiger partial charge in [-0.15, -0.1) is 13.2 Å². The molecule has 0 saturated carbocycles. The van der Waals surface area contributed by atoms with E-state index < -0.39 is 34.6 Å². The van der Waals surface area contributed by atoms with Crippen LogP contribution in [0.4, 0.5) is 22.0 Å². The number of primary amides is 1. The Bertz CT molecular complexity index is 383. The first-order chi connectivity index (χ1) is 6.73. The molecule has 0 saturated heterocycles. The number of hydrogen-bond acceptors (Lipinski definition) is 2. The Morgan fingerprint density at radius 2 is 2.00 bits per heavy atom. The van der Waals surface area contributed by atoms with Crippen LogP contribution >= 0.6 is 0 Å². The molecule has 84 valence electrons. The van der Waals surface area contributed by atoms with Gasteiger partial charge in [-0.05, 0) is 0 Å². The van der Waals surface area contributed by atoms with Crippen molar-refractivity contribution in [2.75, 3.05) is 0 Å². The lowest BCUT2D eigenvalue weighted by atomic mass is 10.2. The van der Waals surface area contributed by atoms with E-state index in [2.05, 4.69) is 10.8 Å². The second-order valence-corrected chi connectivity index (χ2v) is 2.51. The van der Waals surface area contributed by atoms with E-state index in [1.807, 2.05) is 0 Å². The summed E-state index contributed by atoms with van der Waals surface area (Å²) in [6.07, 6.45) is -8.13. The Kier molecular flexibility index (Phi) is 2.65. The molecule has 0 radical (unpaired) electrons. The van der Waals surface area contributed by atoms with E-state index in [1.165, 1.54) is 0 Å². The molecule has 0 atom stereocenters. The molecular formula is C6H4F5N3O. The number of nitrogens with two attached hydrogens (primary N) is 1. The summed E-state index contributed by atoms with van der Waals surface area (Å²) in [5.74, 6) is -1.39. The standard InChI is InChI=1S/C6H4F5N3O/c7-4(8)3-2(5(12)15)1-14(13-3)6(9,10)11/h1,4H,(H2,12,15). The summed E-state index contributed by atoms with van der Waals surface area (Å²) >= 11 is 0. The molecule has 0 bridgehead atoms. The zero-order valence-electron chi connectivity index (χ0n) is 6.92. The minimum absolute atomic E-state index is 0.129. The second kappa shape index (κ2) is 3.48. The molecule has 9 heteroatoms. The van der Waals surface area contributed by atoms with Crippen LogP contribution in [-0.4, -0.2) is 15.7 Å². The van der Waals surface area contributed by atoms with Crippen LogP contribution in [0.2, 0.25) is 0 Å². The Morgan fingerprint density at radius 3 is 2.27 bits per heavy atom. The Labute approximate surface area is 79.5 Å². The number of nitrogens with zero attached hydrogens (tertiary/aromatic N) is 2. The van der Waals surface area contributed by atoms with Gasteiger partial charge in [0.05, 0.1) is 5.56 Å². The van der Waals surface area contributed by atoms with Crippen LogP contribution in [0.15, 0.2) is 6.20 Å². The fraction of sp³-hybridized carbons (Fsp3) is 0.333. The first kappa shape index (κ1) is 11.4. The van der Waals surface area contributed by atoms with Crippen LogP contribution < -0.4 is 5.73 Å². The van der Waals surface area contributed by atoms with Gasteiger partial charge in [0.25, 0.3) is 12.3 Å². The lowest BCUT2D eigenvalue weighted by molar-refractivity contribution is -0.212. The summed E-state index contributed by atoms with van der Waals surface area (Å²) in [6, 6.07) is 0. The zero-order valence-corrected chi connectivity index (χ0v) is 6.92. The monoisotopic (exact) mass is 229 g/mol. The maximum atomic E-state index is 12.1. The number of aromatic nitrogens is 2. The van der Waals surface area contributed by atoms with E-state index in [9.17, 15) is 26.7 Å². The van der Waals surface area contributed by atoms with Crippen molar-refractivity contribution in [2.45, 2.75) is 12.7 Å². The van der Waals surface area contributed by atoms with Crippen molar-refractivity contribution in [3.63, 3.8) is 0 Å². The van der Waals surface area contributed by atoms with Crippen molar-refractivity contribution in [2.24, 2.45) is 5.73 Å². The molecule has 15 heavy (non-hydrogen) atoms. The molecule has 0 aliphatic heterocycles. The molecule has 0 aromatic carbocycles. The molecular weight excluding hydrogens is 225 g/mol. The predicted octanol–water partition coefficient (Wildman–Crippen LogP) is 1.40. The molecule has 0 aliphatic carbocycles. The Hall–Kier alpha value is -1.67. The summed E-state index contributed by atoms with van der Waals surface area (Å²) in [5, 5.41) is 2.54. The van der Waals surface area contributed by atoms with Gasteiger partial charge >= 0.3 is 6.30 Å².